The summed E-state index contributed by atoms with van der Waals surface area (Å²) in [6.45, 7) is 4.58. The Morgan fingerprint density at radius 3 is 0.814 bits per heavy atom. The molecule has 0 aromatic carbocycles. The normalized spacial score (nSPS) is 14.5. The van der Waals surface area contributed by atoms with Crippen molar-refractivity contribution in [1.29, 1.82) is 0 Å². The van der Waals surface area contributed by atoms with Gasteiger partial charge in [-0.25, -0.2) is 9.13 Å². The summed E-state index contributed by atoms with van der Waals surface area (Å²) in [5.41, 5.74) is 0. The third-order valence-electron chi connectivity index (χ3n) is 16.4. The first-order valence-corrected chi connectivity index (χ1v) is 42.8. The largest absolute Gasteiger partial charge is 0.472 e. The summed E-state index contributed by atoms with van der Waals surface area (Å²) in [6, 6.07) is 0. The van der Waals surface area contributed by atoms with E-state index in [2.05, 4.69) is 149 Å². The summed E-state index contributed by atoms with van der Waals surface area (Å²) < 4.78 is 68.5. The van der Waals surface area contributed by atoms with Crippen molar-refractivity contribution in [1.82, 2.24) is 0 Å². The Labute approximate surface area is 619 Å². The van der Waals surface area contributed by atoms with E-state index >= 15 is 0 Å². The van der Waals surface area contributed by atoms with Gasteiger partial charge in [0.05, 0.1) is 26.4 Å². The summed E-state index contributed by atoms with van der Waals surface area (Å²) in [5.74, 6) is -2.23. The average Bonchev–Trinajstić information content (AvgIpc) is 0.928. The number of phosphoric acid groups is 2. The molecule has 102 heavy (non-hydrogen) atoms. The maximum Gasteiger partial charge on any atom is 0.472 e. The minimum atomic E-state index is -4.98. The van der Waals surface area contributed by atoms with Gasteiger partial charge < -0.3 is 33.8 Å². The van der Waals surface area contributed by atoms with Gasteiger partial charge in [0.2, 0.25) is 0 Å². The van der Waals surface area contributed by atoms with E-state index in [0.29, 0.717) is 25.7 Å². The molecule has 0 spiro atoms. The molecule has 0 aromatic rings. The van der Waals surface area contributed by atoms with Crippen LogP contribution < -0.4 is 0 Å². The van der Waals surface area contributed by atoms with Crippen molar-refractivity contribution in [2.24, 2.45) is 0 Å². The lowest BCUT2D eigenvalue weighted by molar-refractivity contribution is -0.161. The van der Waals surface area contributed by atoms with E-state index in [1.165, 1.54) is 64.2 Å². The Balaban J connectivity index is 5.34. The van der Waals surface area contributed by atoms with E-state index in [0.717, 1.165) is 180 Å². The third kappa shape index (κ3) is 73.8. The molecule has 0 aliphatic rings. The highest BCUT2D eigenvalue weighted by molar-refractivity contribution is 7.47. The number of hydrogen-bond acceptors (Lipinski definition) is 15. The summed E-state index contributed by atoms with van der Waals surface area (Å²) in [5, 5.41) is 10.6. The first kappa shape index (κ1) is 97.5. The Kier molecular flexibility index (Phi) is 71.4. The van der Waals surface area contributed by atoms with E-state index in [4.69, 9.17) is 37.0 Å². The first-order valence-electron chi connectivity index (χ1n) is 39.8. The lowest BCUT2D eigenvalue weighted by Gasteiger charge is -2.21. The van der Waals surface area contributed by atoms with Crippen molar-refractivity contribution in [2.45, 2.75) is 341 Å². The first-order chi connectivity index (χ1) is 49.7. The average molecular weight is 1470 g/mol. The fourth-order valence-corrected chi connectivity index (χ4v) is 12.0. The van der Waals surface area contributed by atoms with Crippen LogP contribution in [0.5, 0.6) is 0 Å². The molecular weight excluding hydrogens is 1330 g/mol. The highest BCUT2D eigenvalue weighted by atomic mass is 31.2. The van der Waals surface area contributed by atoms with Gasteiger partial charge in [-0.15, -0.1) is 0 Å². The number of carbonyl (C=O) groups excluding carboxylic acids is 4. The zero-order chi connectivity index (χ0) is 74.6. The molecule has 0 amide bonds. The molecule has 0 saturated carbocycles. The molecule has 0 fully saturated rings. The predicted molar refractivity (Wildman–Crippen MR) is 418 cm³/mol. The lowest BCUT2D eigenvalue weighted by atomic mass is 10.1. The van der Waals surface area contributed by atoms with Gasteiger partial charge in [-0.2, -0.15) is 0 Å². The lowest BCUT2D eigenvalue weighted by Crippen LogP contribution is -2.30. The minimum absolute atomic E-state index is 0.0799. The number of rotatable bonds is 74. The fourth-order valence-electron chi connectivity index (χ4n) is 10.4. The summed E-state index contributed by atoms with van der Waals surface area (Å²) in [4.78, 5) is 72.9. The number of hydrogen-bond donors (Lipinski definition) is 3. The molecule has 3 N–H and O–H groups in total. The van der Waals surface area contributed by atoms with Gasteiger partial charge >= 0.3 is 39.5 Å². The SMILES string of the molecule is CC/C=C\C/C=C\C/C=C\C/C=C\C/C=C\CCCCCC(=O)OCC(COP(=O)(O)OCC(O)COP(=O)(O)OCC(COC(=O)CCCCCCCC/C=C\C/C=C\C/C=C\C/C=C\CC)OC(=O)CCCCCCC/C=C\CCCCCC)OC(=O)CCCCCCCCCCCCC. The van der Waals surface area contributed by atoms with E-state index in [9.17, 15) is 43.2 Å². The molecule has 0 heterocycles. The topological polar surface area (TPSA) is 237 Å². The van der Waals surface area contributed by atoms with Crippen molar-refractivity contribution in [3.63, 3.8) is 0 Å². The van der Waals surface area contributed by atoms with E-state index < -0.39 is 97.5 Å². The van der Waals surface area contributed by atoms with Gasteiger partial charge in [0.1, 0.15) is 19.3 Å². The number of esters is 4. The van der Waals surface area contributed by atoms with Crippen LogP contribution in [0.15, 0.2) is 122 Å². The van der Waals surface area contributed by atoms with Gasteiger partial charge in [0.25, 0.3) is 0 Å². The second kappa shape index (κ2) is 74.7. The molecule has 0 aliphatic carbocycles. The van der Waals surface area contributed by atoms with Gasteiger partial charge in [-0.3, -0.25) is 37.3 Å². The van der Waals surface area contributed by atoms with E-state index in [1.807, 2.05) is 0 Å². The summed E-state index contributed by atoms with van der Waals surface area (Å²) in [6.07, 6.45) is 81.8. The van der Waals surface area contributed by atoms with Crippen LogP contribution in [0.3, 0.4) is 0 Å². The Morgan fingerprint density at radius 2 is 0.510 bits per heavy atom. The summed E-state index contributed by atoms with van der Waals surface area (Å²) >= 11 is 0. The molecule has 0 aromatic heterocycles. The van der Waals surface area contributed by atoms with Crippen molar-refractivity contribution in [3.8, 4) is 0 Å². The van der Waals surface area contributed by atoms with Crippen molar-refractivity contribution in [3.05, 3.63) is 122 Å². The molecule has 5 atom stereocenters. The van der Waals surface area contributed by atoms with Gasteiger partial charge in [0.15, 0.2) is 12.2 Å². The van der Waals surface area contributed by atoms with Crippen LogP contribution >= 0.6 is 15.6 Å². The Morgan fingerprint density at radius 1 is 0.284 bits per heavy atom. The van der Waals surface area contributed by atoms with Gasteiger partial charge in [-0.1, -0.05) is 284 Å². The van der Waals surface area contributed by atoms with Crippen LogP contribution in [0.1, 0.15) is 323 Å². The van der Waals surface area contributed by atoms with Crippen LogP contribution in [0, 0.1) is 0 Å². The predicted octanol–water partition coefficient (Wildman–Crippen LogP) is 23.1. The van der Waals surface area contributed by atoms with Crippen LogP contribution in [-0.4, -0.2) is 96.7 Å². The molecule has 0 saturated heterocycles. The number of unbranched alkanes of at least 4 members (excludes halogenated alkanes) is 28. The smallest absolute Gasteiger partial charge is 0.462 e. The molecule has 17 nitrogen and oxygen atoms in total. The number of phosphoric ester groups is 2. The second-order valence-electron chi connectivity index (χ2n) is 26.2. The molecular formula is C83H142O17P2. The maximum atomic E-state index is 13.1. The van der Waals surface area contributed by atoms with Gasteiger partial charge in [-0.05, 0) is 135 Å². The van der Waals surface area contributed by atoms with Gasteiger partial charge in [0, 0.05) is 25.7 Å². The van der Waals surface area contributed by atoms with Crippen LogP contribution in [0.4, 0.5) is 0 Å². The quantitative estimate of drug-likeness (QED) is 0.0169. The standard InChI is InChI=1S/C83H142O17P2/c1-5-9-13-17-21-25-29-32-34-36-38-40-42-45-48-51-55-59-63-67-80(85)93-73-78(99-82(87)69-65-61-57-53-47-28-24-20-16-12-8-4)75-97-101(89,90)95-71-77(84)72-96-102(91,92)98-76-79(100-83(88)70-66-62-58-54-50-44-31-27-23-19-15-11-7-3)74-94-81(86)68-64-60-56-52-49-46-43-41-39-37-35-33-30-26-22-18-14-10-6-2/h9-10,13-14,21-22,25-27,31-35,38-41,45,48,77-79,84H,5-8,11-12,15-20,23-24,28-30,36-37,42-44,46-47,49-76H2,1-4H3,(H,89,90)(H,91,92)/b13-9-,14-10-,25-21-,26-22-,31-27-,34-32-,35-33-,40-38-,41-39-,48-45-. The second-order valence-corrected chi connectivity index (χ2v) is 29.2. The fraction of sp³-hybridized carbons (Fsp3) is 0.711. The molecule has 19 heteroatoms. The van der Waals surface area contributed by atoms with Crippen LogP contribution in [0.25, 0.3) is 0 Å². The molecule has 0 aliphatic heterocycles. The Bertz CT molecular complexity index is 2410. The van der Waals surface area contributed by atoms with Crippen LogP contribution in [-0.2, 0) is 65.4 Å². The van der Waals surface area contributed by atoms with Crippen molar-refractivity contribution >= 4 is 39.5 Å². The highest BCUT2D eigenvalue weighted by Crippen LogP contribution is 2.45. The molecule has 586 valence electrons. The number of allylic oxidation sites excluding steroid dienone is 20. The highest BCUT2D eigenvalue weighted by Gasteiger charge is 2.30. The zero-order valence-electron chi connectivity index (χ0n) is 64.0. The third-order valence-corrected chi connectivity index (χ3v) is 18.3. The number of ether oxygens (including phenoxy) is 4. The van der Waals surface area contributed by atoms with E-state index in [-0.39, 0.29) is 25.7 Å². The molecule has 0 radical (unpaired) electrons. The number of aliphatic hydroxyl groups is 1. The summed E-state index contributed by atoms with van der Waals surface area (Å²) in [7, 11) is -9.96. The molecule has 0 bridgehead atoms. The monoisotopic (exact) mass is 1470 g/mol. The Hall–Kier alpha value is -4.54. The van der Waals surface area contributed by atoms with Crippen molar-refractivity contribution < 1.29 is 80.2 Å². The number of aliphatic hydroxyl groups excluding tert-OH is 1. The maximum absolute atomic E-state index is 13.1. The molecule has 5 unspecified atom stereocenters. The van der Waals surface area contributed by atoms with E-state index in [1.54, 1.807) is 0 Å². The zero-order valence-corrected chi connectivity index (χ0v) is 65.8. The van der Waals surface area contributed by atoms with Crippen LogP contribution in [0.2, 0.25) is 0 Å². The van der Waals surface area contributed by atoms with Crippen molar-refractivity contribution in [2.75, 3.05) is 39.6 Å². The number of carbonyl (C=O) groups is 4. The molecule has 0 rings (SSSR count). The minimum Gasteiger partial charge on any atom is -0.462 e.